The molecule has 2 aliphatic rings. The Labute approximate surface area is 133 Å². The molecule has 1 aliphatic carbocycles. The lowest BCUT2D eigenvalue weighted by Crippen LogP contribution is -2.31. The molecule has 3 unspecified atom stereocenters. The fourth-order valence-electron chi connectivity index (χ4n) is 3.41. The van der Waals surface area contributed by atoms with Gasteiger partial charge in [0.05, 0.1) is 19.1 Å². The molecular weight excluding hydrogens is 334 g/mol. The van der Waals surface area contributed by atoms with Gasteiger partial charge in [-0.15, -0.1) is 0 Å². The summed E-state index contributed by atoms with van der Waals surface area (Å²) < 4.78 is 6.57. The van der Waals surface area contributed by atoms with Gasteiger partial charge in [0.15, 0.2) is 0 Å². The molecule has 1 aromatic carbocycles. The number of aliphatic hydroxyl groups excluding tert-OH is 1. The van der Waals surface area contributed by atoms with Crippen LogP contribution in [0.1, 0.15) is 19.3 Å². The summed E-state index contributed by atoms with van der Waals surface area (Å²) in [5.74, 6) is 1.69. The molecule has 0 aromatic heterocycles. The normalized spacial score (nSPS) is 27.7. The fraction of sp³-hybridized carbons (Fsp3) is 0.562. The molecule has 1 heterocycles. The van der Waals surface area contributed by atoms with Crippen molar-refractivity contribution in [1.29, 1.82) is 0 Å². The highest BCUT2D eigenvalue weighted by molar-refractivity contribution is 9.10. The number of halogens is 1. The Morgan fingerprint density at radius 2 is 2.24 bits per heavy atom. The first kappa shape index (κ1) is 14.9. The third-order valence-electron chi connectivity index (χ3n) is 4.55. The van der Waals surface area contributed by atoms with Crippen LogP contribution in [-0.2, 0) is 4.79 Å². The first-order chi connectivity index (χ1) is 10.1. The zero-order chi connectivity index (χ0) is 14.8. The minimum absolute atomic E-state index is 0.131. The van der Waals surface area contributed by atoms with Crippen molar-refractivity contribution in [2.24, 2.45) is 11.8 Å². The van der Waals surface area contributed by atoms with E-state index in [-0.39, 0.29) is 12.0 Å². The second-order valence-electron chi connectivity index (χ2n) is 5.92. The van der Waals surface area contributed by atoms with Gasteiger partial charge in [0.25, 0.3) is 0 Å². The molecule has 1 aliphatic heterocycles. The van der Waals surface area contributed by atoms with Crippen LogP contribution in [0.5, 0.6) is 5.75 Å². The van der Waals surface area contributed by atoms with E-state index in [0.29, 0.717) is 31.4 Å². The number of amides is 1. The number of fused-ring (bicyclic) bond motifs is 1. The predicted octanol–water partition coefficient (Wildman–Crippen LogP) is 2.45. The van der Waals surface area contributed by atoms with Crippen LogP contribution < -0.4 is 4.74 Å². The van der Waals surface area contributed by atoms with Crippen molar-refractivity contribution < 1.29 is 14.6 Å². The van der Waals surface area contributed by atoms with Crippen molar-refractivity contribution in [2.75, 3.05) is 19.7 Å². The second-order valence-corrected chi connectivity index (χ2v) is 6.84. The third kappa shape index (κ3) is 3.40. The van der Waals surface area contributed by atoms with Gasteiger partial charge in [0.1, 0.15) is 5.75 Å². The molecule has 1 saturated carbocycles. The molecule has 4 nitrogen and oxygen atoms in total. The molecule has 0 spiro atoms. The Kier molecular flexibility index (Phi) is 4.50. The van der Waals surface area contributed by atoms with E-state index in [1.54, 1.807) is 0 Å². The molecule has 5 heteroatoms. The lowest BCUT2D eigenvalue weighted by atomic mass is 10.00. The van der Waals surface area contributed by atoms with Crippen LogP contribution in [0.4, 0.5) is 0 Å². The highest BCUT2D eigenvalue weighted by Crippen LogP contribution is 2.38. The summed E-state index contributed by atoms with van der Waals surface area (Å²) in [5.41, 5.74) is 0. The van der Waals surface area contributed by atoms with Crippen molar-refractivity contribution >= 4 is 21.8 Å². The first-order valence-electron chi connectivity index (χ1n) is 7.47. The van der Waals surface area contributed by atoms with E-state index in [0.717, 1.165) is 29.6 Å². The van der Waals surface area contributed by atoms with Crippen LogP contribution in [0.15, 0.2) is 28.7 Å². The van der Waals surface area contributed by atoms with Crippen molar-refractivity contribution in [3.63, 3.8) is 0 Å². The predicted molar refractivity (Wildman–Crippen MR) is 83.1 cm³/mol. The average Bonchev–Trinajstić information content (AvgIpc) is 3.02. The molecular formula is C16H20BrNO3. The second kappa shape index (κ2) is 6.36. The van der Waals surface area contributed by atoms with E-state index >= 15 is 0 Å². The van der Waals surface area contributed by atoms with Crippen molar-refractivity contribution in [1.82, 2.24) is 4.90 Å². The van der Waals surface area contributed by atoms with Crippen molar-refractivity contribution in [3.05, 3.63) is 28.7 Å². The lowest BCUT2D eigenvalue weighted by Gasteiger charge is -2.18. The molecule has 3 atom stereocenters. The van der Waals surface area contributed by atoms with Gasteiger partial charge in [-0.2, -0.15) is 0 Å². The van der Waals surface area contributed by atoms with Crippen LogP contribution >= 0.6 is 15.9 Å². The van der Waals surface area contributed by atoms with Gasteiger partial charge in [-0.1, -0.05) is 22.0 Å². The highest BCUT2D eigenvalue weighted by atomic mass is 79.9. The molecule has 1 amide bonds. The van der Waals surface area contributed by atoms with Crippen LogP contribution in [0.3, 0.4) is 0 Å². The van der Waals surface area contributed by atoms with Crippen LogP contribution in [0, 0.1) is 11.8 Å². The van der Waals surface area contributed by atoms with E-state index in [2.05, 4.69) is 15.9 Å². The third-order valence-corrected chi connectivity index (χ3v) is 5.05. The minimum Gasteiger partial charge on any atom is -0.493 e. The summed E-state index contributed by atoms with van der Waals surface area (Å²) >= 11 is 3.39. The van der Waals surface area contributed by atoms with Crippen molar-refractivity contribution in [3.8, 4) is 5.75 Å². The van der Waals surface area contributed by atoms with Gasteiger partial charge >= 0.3 is 0 Å². The molecule has 1 aromatic rings. The van der Waals surface area contributed by atoms with Crippen molar-refractivity contribution in [2.45, 2.75) is 25.4 Å². The Morgan fingerprint density at radius 1 is 1.38 bits per heavy atom. The minimum atomic E-state index is -0.217. The molecule has 2 fully saturated rings. The maximum absolute atomic E-state index is 12.2. The summed E-state index contributed by atoms with van der Waals surface area (Å²) in [6.07, 6.45) is 2.11. The smallest absolute Gasteiger partial charge is 0.226 e. The number of hydrogen-bond acceptors (Lipinski definition) is 3. The molecule has 3 rings (SSSR count). The van der Waals surface area contributed by atoms with E-state index in [4.69, 9.17) is 4.74 Å². The SMILES string of the molecule is O=C(CCOc1cccc(Br)c1)N1CC2CCC(O)C2C1. The summed E-state index contributed by atoms with van der Waals surface area (Å²) in [5, 5.41) is 9.88. The topological polar surface area (TPSA) is 49.8 Å². The quantitative estimate of drug-likeness (QED) is 0.904. The van der Waals surface area contributed by atoms with E-state index in [1.807, 2.05) is 29.2 Å². The standard InChI is InChI=1S/C16H20BrNO3/c17-12-2-1-3-13(8-12)21-7-6-16(20)18-9-11-4-5-15(19)14(11)10-18/h1-3,8,11,14-15,19H,4-7,9-10H2. The summed E-state index contributed by atoms with van der Waals surface area (Å²) in [6.45, 7) is 1.91. The van der Waals surface area contributed by atoms with Gasteiger partial charge in [0.2, 0.25) is 5.91 Å². The number of rotatable bonds is 4. The van der Waals surface area contributed by atoms with E-state index in [9.17, 15) is 9.90 Å². The highest BCUT2D eigenvalue weighted by Gasteiger charge is 2.42. The molecule has 114 valence electrons. The number of likely N-dealkylation sites (tertiary alicyclic amines) is 1. The zero-order valence-corrected chi connectivity index (χ0v) is 13.5. The molecule has 1 saturated heterocycles. The van der Waals surface area contributed by atoms with Gasteiger partial charge in [-0.05, 0) is 37.0 Å². The number of carbonyl (C=O) groups is 1. The number of nitrogens with zero attached hydrogens (tertiary/aromatic N) is 1. The first-order valence-corrected chi connectivity index (χ1v) is 8.27. The van der Waals surface area contributed by atoms with E-state index in [1.165, 1.54) is 0 Å². The maximum atomic E-state index is 12.2. The monoisotopic (exact) mass is 353 g/mol. The van der Waals surface area contributed by atoms with Gasteiger partial charge in [-0.25, -0.2) is 0 Å². The number of benzene rings is 1. The molecule has 0 radical (unpaired) electrons. The Balaban J connectivity index is 1.45. The Hall–Kier alpha value is -1.07. The number of carbonyl (C=O) groups excluding carboxylic acids is 1. The van der Waals surface area contributed by atoms with Gasteiger partial charge in [0, 0.05) is 23.5 Å². The van der Waals surface area contributed by atoms with Crippen LogP contribution in [0.25, 0.3) is 0 Å². The number of hydrogen-bond donors (Lipinski definition) is 1. The number of ether oxygens (including phenoxy) is 1. The maximum Gasteiger partial charge on any atom is 0.226 e. The average molecular weight is 354 g/mol. The fourth-order valence-corrected chi connectivity index (χ4v) is 3.79. The summed E-state index contributed by atoms with van der Waals surface area (Å²) in [4.78, 5) is 14.1. The van der Waals surface area contributed by atoms with Gasteiger partial charge < -0.3 is 14.7 Å². The largest absolute Gasteiger partial charge is 0.493 e. The Bertz CT molecular complexity index is 522. The summed E-state index contributed by atoms with van der Waals surface area (Å²) in [7, 11) is 0. The Morgan fingerprint density at radius 3 is 3.00 bits per heavy atom. The molecule has 1 N–H and O–H groups in total. The van der Waals surface area contributed by atoms with Crippen LogP contribution in [0.2, 0.25) is 0 Å². The summed E-state index contributed by atoms with van der Waals surface area (Å²) in [6, 6.07) is 7.61. The molecule has 0 bridgehead atoms. The van der Waals surface area contributed by atoms with Gasteiger partial charge in [-0.3, -0.25) is 4.79 Å². The number of aliphatic hydroxyl groups is 1. The lowest BCUT2D eigenvalue weighted by molar-refractivity contribution is -0.131. The molecule has 21 heavy (non-hydrogen) atoms. The van der Waals surface area contributed by atoms with Crippen LogP contribution in [-0.4, -0.2) is 41.7 Å². The van der Waals surface area contributed by atoms with E-state index < -0.39 is 0 Å². The zero-order valence-electron chi connectivity index (χ0n) is 11.9.